The van der Waals surface area contributed by atoms with Crippen LogP contribution in [0.15, 0.2) is 41.3 Å². The van der Waals surface area contributed by atoms with E-state index in [0.717, 1.165) is 5.56 Å². The summed E-state index contributed by atoms with van der Waals surface area (Å²) in [7, 11) is -0.582. The van der Waals surface area contributed by atoms with Gasteiger partial charge in [0, 0.05) is 13.1 Å². The number of rotatable bonds is 9. The molecule has 33 heavy (non-hydrogen) atoms. The van der Waals surface area contributed by atoms with Crippen molar-refractivity contribution in [1.82, 2.24) is 9.62 Å². The van der Waals surface area contributed by atoms with Crippen molar-refractivity contribution < 1.29 is 32.2 Å². The minimum Gasteiger partial charge on any atom is -0.493 e. The van der Waals surface area contributed by atoms with Crippen molar-refractivity contribution >= 4 is 27.5 Å². The third kappa shape index (κ3) is 6.08. The SMILES string of the molecule is COc1ccc([C@@H](C)NC(=O)COc2ccc(S(=O)(=O)N3CCOCC3)cc2Cl)cc1OC. The van der Waals surface area contributed by atoms with Crippen LogP contribution in [0.1, 0.15) is 18.5 Å². The number of hydrogen-bond donors (Lipinski definition) is 1. The van der Waals surface area contributed by atoms with E-state index >= 15 is 0 Å². The first-order valence-electron chi connectivity index (χ1n) is 10.3. The first-order chi connectivity index (χ1) is 15.8. The standard InChI is InChI=1S/C22H27ClN2O7S/c1-15(16-4-6-20(29-2)21(12-16)30-3)24-22(26)14-32-19-7-5-17(13-18(19)23)33(27,28)25-8-10-31-11-9-25/h4-7,12-13,15H,8-11,14H2,1-3H3,(H,24,26)/t15-/m1/s1. The molecule has 2 aromatic rings. The molecule has 1 saturated heterocycles. The molecule has 2 aromatic carbocycles. The van der Waals surface area contributed by atoms with Crippen molar-refractivity contribution in [3.8, 4) is 17.2 Å². The van der Waals surface area contributed by atoms with E-state index in [1.54, 1.807) is 26.4 Å². The number of benzene rings is 2. The summed E-state index contributed by atoms with van der Waals surface area (Å²) in [6, 6.07) is 9.26. The van der Waals surface area contributed by atoms with Crippen LogP contribution < -0.4 is 19.5 Å². The molecule has 0 unspecified atom stereocenters. The molecule has 1 amide bonds. The Labute approximate surface area is 198 Å². The van der Waals surface area contributed by atoms with Crippen LogP contribution in [0.5, 0.6) is 17.2 Å². The Kier molecular flexibility index (Phi) is 8.41. The molecule has 1 atom stereocenters. The Bertz CT molecular complexity index is 1090. The van der Waals surface area contributed by atoms with Crippen LogP contribution >= 0.6 is 11.6 Å². The van der Waals surface area contributed by atoms with Gasteiger partial charge in [0.05, 0.1) is 43.4 Å². The lowest BCUT2D eigenvalue weighted by atomic mass is 10.1. The predicted molar refractivity (Wildman–Crippen MR) is 123 cm³/mol. The summed E-state index contributed by atoms with van der Waals surface area (Å²) in [5, 5.41) is 2.94. The van der Waals surface area contributed by atoms with Crippen LogP contribution in [0.25, 0.3) is 0 Å². The lowest BCUT2D eigenvalue weighted by Crippen LogP contribution is -2.40. The first kappa shape index (κ1) is 25.1. The van der Waals surface area contributed by atoms with Crippen LogP contribution in [0, 0.1) is 0 Å². The van der Waals surface area contributed by atoms with Gasteiger partial charge in [-0.2, -0.15) is 4.31 Å². The smallest absolute Gasteiger partial charge is 0.258 e. The molecule has 0 saturated carbocycles. The second-order valence-electron chi connectivity index (χ2n) is 7.30. The molecule has 0 spiro atoms. The number of methoxy groups -OCH3 is 2. The van der Waals surface area contributed by atoms with Crippen molar-refractivity contribution in [2.24, 2.45) is 0 Å². The van der Waals surface area contributed by atoms with Gasteiger partial charge in [0.1, 0.15) is 5.75 Å². The fourth-order valence-corrected chi connectivity index (χ4v) is 5.06. The number of ether oxygens (including phenoxy) is 4. The molecule has 0 radical (unpaired) electrons. The Hall–Kier alpha value is -2.53. The molecule has 1 aliphatic rings. The first-order valence-corrected chi connectivity index (χ1v) is 12.1. The topological polar surface area (TPSA) is 103 Å². The lowest BCUT2D eigenvalue weighted by molar-refractivity contribution is -0.123. The van der Waals surface area contributed by atoms with Crippen molar-refractivity contribution in [3.05, 3.63) is 47.0 Å². The summed E-state index contributed by atoms with van der Waals surface area (Å²) in [5.41, 5.74) is 0.830. The number of morpholine rings is 1. The van der Waals surface area contributed by atoms with Crippen molar-refractivity contribution in [2.45, 2.75) is 17.9 Å². The molecule has 1 fully saturated rings. The van der Waals surface area contributed by atoms with Crippen LogP contribution in [-0.4, -0.2) is 65.8 Å². The van der Waals surface area contributed by atoms with Crippen LogP contribution in [0.3, 0.4) is 0 Å². The molecule has 9 nitrogen and oxygen atoms in total. The molecule has 1 heterocycles. The second-order valence-corrected chi connectivity index (χ2v) is 9.65. The van der Waals surface area contributed by atoms with Gasteiger partial charge in [-0.3, -0.25) is 4.79 Å². The highest BCUT2D eigenvalue weighted by Crippen LogP contribution is 2.31. The van der Waals surface area contributed by atoms with E-state index in [0.29, 0.717) is 24.7 Å². The van der Waals surface area contributed by atoms with Gasteiger partial charge in [0.2, 0.25) is 10.0 Å². The number of amides is 1. The number of carbonyl (C=O) groups excluding carboxylic acids is 1. The second kappa shape index (κ2) is 11.1. The molecule has 0 bridgehead atoms. The Balaban J connectivity index is 1.60. The molecule has 1 N–H and O–H groups in total. The highest BCUT2D eigenvalue weighted by Gasteiger charge is 2.27. The summed E-state index contributed by atoms with van der Waals surface area (Å²) in [6.07, 6.45) is 0. The number of nitrogens with one attached hydrogen (secondary N) is 1. The maximum absolute atomic E-state index is 12.7. The Morgan fingerprint density at radius 1 is 1.09 bits per heavy atom. The summed E-state index contributed by atoms with van der Waals surface area (Å²) in [6.45, 7) is 2.83. The average Bonchev–Trinajstić information content (AvgIpc) is 2.83. The van der Waals surface area contributed by atoms with Gasteiger partial charge in [0.25, 0.3) is 5.91 Å². The van der Waals surface area contributed by atoms with E-state index in [1.165, 1.54) is 22.5 Å². The number of sulfonamides is 1. The summed E-state index contributed by atoms with van der Waals surface area (Å²) in [5.74, 6) is 1.01. The van der Waals surface area contributed by atoms with E-state index in [2.05, 4.69) is 5.32 Å². The van der Waals surface area contributed by atoms with E-state index in [-0.39, 0.29) is 47.3 Å². The fraction of sp³-hybridized carbons (Fsp3) is 0.409. The Morgan fingerprint density at radius 2 is 1.76 bits per heavy atom. The zero-order chi connectivity index (χ0) is 24.0. The summed E-state index contributed by atoms with van der Waals surface area (Å²) >= 11 is 6.23. The van der Waals surface area contributed by atoms with Crippen LogP contribution in [0.2, 0.25) is 5.02 Å². The molecule has 0 aliphatic carbocycles. The summed E-state index contributed by atoms with van der Waals surface area (Å²) < 4.78 is 48.1. The number of hydrogen-bond acceptors (Lipinski definition) is 7. The maximum Gasteiger partial charge on any atom is 0.258 e. The summed E-state index contributed by atoms with van der Waals surface area (Å²) in [4.78, 5) is 12.4. The van der Waals surface area contributed by atoms with Crippen LogP contribution in [-0.2, 0) is 19.6 Å². The number of nitrogens with zero attached hydrogens (tertiary/aromatic N) is 1. The quantitative estimate of drug-likeness (QED) is 0.566. The molecule has 180 valence electrons. The van der Waals surface area contributed by atoms with Crippen molar-refractivity contribution in [1.29, 1.82) is 0 Å². The van der Waals surface area contributed by atoms with E-state index in [4.69, 9.17) is 30.5 Å². The fourth-order valence-electron chi connectivity index (χ4n) is 3.33. The molecule has 11 heteroatoms. The molecule has 0 aromatic heterocycles. The Morgan fingerprint density at radius 3 is 2.39 bits per heavy atom. The van der Waals surface area contributed by atoms with E-state index in [9.17, 15) is 13.2 Å². The third-order valence-corrected chi connectivity index (χ3v) is 7.35. The predicted octanol–water partition coefficient (Wildman–Crippen LogP) is 2.63. The van der Waals surface area contributed by atoms with E-state index < -0.39 is 10.0 Å². The van der Waals surface area contributed by atoms with E-state index in [1.807, 2.05) is 13.0 Å². The van der Waals surface area contributed by atoms with Gasteiger partial charge in [-0.15, -0.1) is 0 Å². The molecule has 1 aliphatic heterocycles. The number of carbonyl (C=O) groups is 1. The minimum atomic E-state index is -3.68. The molecule has 3 rings (SSSR count). The largest absolute Gasteiger partial charge is 0.493 e. The van der Waals surface area contributed by atoms with Crippen LogP contribution in [0.4, 0.5) is 0 Å². The normalized spacial score (nSPS) is 15.5. The zero-order valence-corrected chi connectivity index (χ0v) is 20.2. The lowest BCUT2D eigenvalue weighted by Gasteiger charge is -2.26. The minimum absolute atomic E-state index is 0.0632. The van der Waals surface area contributed by atoms with Gasteiger partial charge >= 0.3 is 0 Å². The van der Waals surface area contributed by atoms with Crippen molar-refractivity contribution in [2.75, 3.05) is 47.1 Å². The third-order valence-electron chi connectivity index (χ3n) is 5.16. The van der Waals surface area contributed by atoms with Crippen molar-refractivity contribution in [3.63, 3.8) is 0 Å². The van der Waals surface area contributed by atoms with Gasteiger partial charge in [-0.25, -0.2) is 8.42 Å². The van der Waals surface area contributed by atoms with Gasteiger partial charge in [-0.05, 0) is 42.8 Å². The zero-order valence-electron chi connectivity index (χ0n) is 18.7. The highest BCUT2D eigenvalue weighted by molar-refractivity contribution is 7.89. The van der Waals surface area contributed by atoms with Gasteiger partial charge in [0.15, 0.2) is 18.1 Å². The number of halogens is 1. The molecular weight excluding hydrogens is 472 g/mol. The molecular formula is C22H27ClN2O7S. The maximum atomic E-state index is 12.7. The average molecular weight is 499 g/mol. The monoisotopic (exact) mass is 498 g/mol. The van der Waals surface area contributed by atoms with Gasteiger partial charge in [-0.1, -0.05) is 17.7 Å². The highest BCUT2D eigenvalue weighted by atomic mass is 35.5. The van der Waals surface area contributed by atoms with Gasteiger partial charge < -0.3 is 24.3 Å².